The Morgan fingerprint density at radius 3 is 2.33 bits per heavy atom. The highest BCUT2D eigenvalue weighted by Crippen LogP contribution is 2.33. The summed E-state index contributed by atoms with van der Waals surface area (Å²) in [5, 5.41) is 0. The van der Waals surface area contributed by atoms with E-state index in [2.05, 4.69) is 6.58 Å². The Balaban J connectivity index is 3.24. The maximum Gasteiger partial charge on any atom is 0.308 e. The van der Waals surface area contributed by atoms with Gasteiger partial charge in [-0.25, -0.2) is 0 Å². The molecule has 0 bridgehead atoms. The number of carbonyl (C=O) groups excluding carboxylic acids is 2. The fraction of sp³-hybridized carbons (Fsp3) is 0.286. The van der Waals surface area contributed by atoms with Gasteiger partial charge in [-0.05, 0) is 30.5 Å². The molecule has 0 saturated heterocycles. The number of carbonyl (C=O) groups is 2. The lowest BCUT2D eigenvalue weighted by Crippen LogP contribution is -2.08. The average molecular weight is 248 g/mol. The van der Waals surface area contributed by atoms with Crippen molar-refractivity contribution in [3.63, 3.8) is 0 Å². The van der Waals surface area contributed by atoms with Gasteiger partial charge in [-0.2, -0.15) is 0 Å². The van der Waals surface area contributed by atoms with Crippen LogP contribution in [0.2, 0.25) is 0 Å². The minimum Gasteiger partial charge on any atom is -0.423 e. The van der Waals surface area contributed by atoms with Crippen molar-refractivity contribution in [1.29, 1.82) is 0 Å². The van der Waals surface area contributed by atoms with Crippen LogP contribution in [0.15, 0.2) is 24.8 Å². The fourth-order valence-corrected chi connectivity index (χ4v) is 1.60. The highest BCUT2D eigenvalue weighted by Gasteiger charge is 2.14. The summed E-state index contributed by atoms with van der Waals surface area (Å²) in [4.78, 5) is 22.1. The lowest BCUT2D eigenvalue weighted by atomic mass is 10.1. The van der Waals surface area contributed by atoms with Crippen LogP contribution in [-0.2, 0) is 16.0 Å². The minimum absolute atomic E-state index is 0.259. The Hall–Kier alpha value is -2.10. The number of benzene rings is 1. The van der Waals surface area contributed by atoms with Gasteiger partial charge < -0.3 is 9.47 Å². The largest absolute Gasteiger partial charge is 0.423 e. The molecule has 0 fully saturated rings. The molecule has 0 aliphatic carbocycles. The SMILES string of the molecule is C=CCc1cc(C)c(OC(C)=O)c(OC(C)=O)c1. The van der Waals surface area contributed by atoms with E-state index in [1.807, 2.05) is 6.07 Å². The Kier molecular flexibility index (Phi) is 4.66. The van der Waals surface area contributed by atoms with Gasteiger partial charge >= 0.3 is 11.9 Å². The lowest BCUT2D eigenvalue weighted by molar-refractivity contribution is -0.134. The zero-order valence-electron chi connectivity index (χ0n) is 10.8. The van der Waals surface area contributed by atoms with Crippen LogP contribution in [0.3, 0.4) is 0 Å². The Labute approximate surface area is 106 Å². The standard InChI is InChI=1S/C14H16O4/c1-5-6-12-7-9(2)14(18-11(4)16)13(8-12)17-10(3)15/h5,7-8H,1,6H2,2-4H3. The Morgan fingerprint density at radius 1 is 1.22 bits per heavy atom. The number of ether oxygens (including phenoxy) is 2. The zero-order valence-corrected chi connectivity index (χ0v) is 10.8. The van der Waals surface area contributed by atoms with E-state index in [1.165, 1.54) is 13.8 Å². The molecule has 0 aromatic heterocycles. The molecule has 0 saturated carbocycles. The summed E-state index contributed by atoms with van der Waals surface area (Å²) in [6, 6.07) is 3.54. The van der Waals surface area contributed by atoms with Crippen molar-refractivity contribution in [3.8, 4) is 11.5 Å². The van der Waals surface area contributed by atoms with E-state index < -0.39 is 11.9 Å². The third-order valence-corrected chi connectivity index (χ3v) is 2.18. The third kappa shape index (κ3) is 3.73. The maximum absolute atomic E-state index is 11.0. The van der Waals surface area contributed by atoms with Gasteiger partial charge in [0.1, 0.15) is 0 Å². The van der Waals surface area contributed by atoms with Gasteiger partial charge in [-0.1, -0.05) is 12.1 Å². The van der Waals surface area contributed by atoms with Crippen LogP contribution in [0.25, 0.3) is 0 Å². The summed E-state index contributed by atoms with van der Waals surface area (Å²) in [6.45, 7) is 8.04. The van der Waals surface area contributed by atoms with E-state index in [0.717, 1.165) is 11.1 Å². The van der Waals surface area contributed by atoms with Crippen molar-refractivity contribution < 1.29 is 19.1 Å². The van der Waals surface area contributed by atoms with Crippen LogP contribution in [-0.4, -0.2) is 11.9 Å². The first-order chi connectivity index (χ1) is 8.43. The highest BCUT2D eigenvalue weighted by atomic mass is 16.6. The molecule has 0 aliphatic rings. The molecule has 0 unspecified atom stereocenters. The monoisotopic (exact) mass is 248 g/mol. The Morgan fingerprint density at radius 2 is 1.83 bits per heavy atom. The highest BCUT2D eigenvalue weighted by molar-refractivity contribution is 5.74. The zero-order chi connectivity index (χ0) is 13.7. The predicted molar refractivity (Wildman–Crippen MR) is 67.7 cm³/mol. The van der Waals surface area contributed by atoms with Crippen molar-refractivity contribution in [1.82, 2.24) is 0 Å². The minimum atomic E-state index is -0.460. The predicted octanol–water partition coefficient (Wildman–Crippen LogP) is 2.57. The molecule has 4 heteroatoms. The normalized spacial score (nSPS) is 9.72. The summed E-state index contributed by atoms with van der Waals surface area (Å²) in [7, 11) is 0. The smallest absolute Gasteiger partial charge is 0.308 e. The first kappa shape index (κ1) is 14.0. The second kappa shape index (κ2) is 6.00. The van der Waals surface area contributed by atoms with Crippen molar-refractivity contribution >= 4 is 11.9 Å². The molecule has 0 atom stereocenters. The number of hydrogen-bond acceptors (Lipinski definition) is 4. The lowest BCUT2D eigenvalue weighted by Gasteiger charge is -2.13. The van der Waals surface area contributed by atoms with E-state index in [9.17, 15) is 9.59 Å². The van der Waals surface area contributed by atoms with Gasteiger partial charge in [0.2, 0.25) is 0 Å². The number of allylic oxidation sites excluding steroid dienone is 1. The van der Waals surface area contributed by atoms with Gasteiger partial charge in [0, 0.05) is 13.8 Å². The molecule has 0 radical (unpaired) electrons. The molecule has 1 aromatic carbocycles. The molecule has 0 spiro atoms. The third-order valence-electron chi connectivity index (χ3n) is 2.18. The molecule has 0 N–H and O–H groups in total. The van der Waals surface area contributed by atoms with Crippen LogP contribution in [0, 0.1) is 6.92 Å². The van der Waals surface area contributed by atoms with Crippen molar-refractivity contribution in [2.75, 3.05) is 0 Å². The molecule has 18 heavy (non-hydrogen) atoms. The molecule has 0 heterocycles. The van der Waals surface area contributed by atoms with Crippen LogP contribution in [0.1, 0.15) is 25.0 Å². The van der Waals surface area contributed by atoms with Crippen molar-refractivity contribution in [2.24, 2.45) is 0 Å². The van der Waals surface area contributed by atoms with E-state index in [1.54, 1.807) is 19.1 Å². The summed E-state index contributed by atoms with van der Waals surface area (Å²) in [5.74, 6) is -0.374. The summed E-state index contributed by atoms with van der Waals surface area (Å²) >= 11 is 0. The second-order valence-electron chi connectivity index (χ2n) is 3.92. The maximum atomic E-state index is 11.0. The quantitative estimate of drug-likeness (QED) is 0.467. The van der Waals surface area contributed by atoms with Gasteiger partial charge in [0.15, 0.2) is 11.5 Å². The molecular formula is C14H16O4. The average Bonchev–Trinajstić information content (AvgIpc) is 2.22. The molecular weight excluding hydrogens is 232 g/mol. The van der Waals surface area contributed by atoms with Crippen molar-refractivity contribution in [2.45, 2.75) is 27.2 Å². The first-order valence-corrected chi connectivity index (χ1v) is 5.55. The van der Waals surface area contributed by atoms with Crippen molar-refractivity contribution in [3.05, 3.63) is 35.9 Å². The van der Waals surface area contributed by atoms with Crippen LogP contribution in [0.5, 0.6) is 11.5 Å². The number of hydrogen-bond donors (Lipinski definition) is 0. The van der Waals surface area contributed by atoms with Gasteiger partial charge in [0.05, 0.1) is 0 Å². The summed E-state index contributed by atoms with van der Waals surface area (Å²) < 4.78 is 10.1. The second-order valence-corrected chi connectivity index (χ2v) is 3.92. The number of esters is 2. The van der Waals surface area contributed by atoms with Crippen LogP contribution in [0.4, 0.5) is 0 Å². The first-order valence-electron chi connectivity index (χ1n) is 5.55. The molecule has 1 aromatic rings. The van der Waals surface area contributed by atoms with E-state index in [-0.39, 0.29) is 11.5 Å². The van der Waals surface area contributed by atoms with E-state index in [0.29, 0.717) is 6.42 Å². The molecule has 4 nitrogen and oxygen atoms in total. The van der Waals surface area contributed by atoms with E-state index in [4.69, 9.17) is 9.47 Å². The topological polar surface area (TPSA) is 52.6 Å². The fourth-order valence-electron chi connectivity index (χ4n) is 1.60. The van der Waals surface area contributed by atoms with Gasteiger partial charge in [-0.3, -0.25) is 9.59 Å². The summed E-state index contributed by atoms with van der Waals surface area (Å²) in [6.07, 6.45) is 2.40. The molecule has 1 rings (SSSR count). The molecule has 96 valence electrons. The molecule has 0 aliphatic heterocycles. The van der Waals surface area contributed by atoms with Crippen LogP contribution < -0.4 is 9.47 Å². The van der Waals surface area contributed by atoms with Gasteiger partial charge in [0.25, 0.3) is 0 Å². The van der Waals surface area contributed by atoms with Gasteiger partial charge in [-0.15, -0.1) is 6.58 Å². The number of aryl methyl sites for hydroxylation is 1. The summed E-state index contributed by atoms with van der Waals surface area (Å²) in [5.41, 5.74) is 1.68. The Bertz CT molecular complexity index is 489. The van der Waals surface area contributed by atoms with E-state index >= 15 is 0 Å². The van der Waals surface area contributed by atoms with Crippen LogP contribution >= 0.6 is 0 Å². The number of rotatable bonds is 4. The molecule has 0 amide bonds.